The topological polar surface area (TPSA) is 117 Å². The largest absolute Gasteiger partial charge is 0.379 e. The van der Waals surface area contributed by atoms with Crippen LogP contribution in [0.3, 0.4) is 0 Å². The molecule has 2 aromatic carbocycles. The first-order chi connectivity index (χ1) is 15.5. The summed E-state index contributed by atoms with van der Waals surface area (Å²) in [6.45, 7) is 1.47. The van der Waals surface area contributed by atoms with E-state index < -0.39 is 10.0 Å². The molecule has 1 aliphatic heterocycles. The molecule has 2 aromatic heterocycles. The number of aromatic amines is 1. The number of ether oxygens (including phenoxy) is 1. The fourth-order valence-corrected chi connectivity index (χ4v) is 6.46. The number of morpholine rings is 1. The van der Waals surface area contributed by atoms with Crippen molar-refractivity contribution in [2.45, 2.75) is 10.1 Å². The van der Waals surface area contributed by atoms with Gasteiger partial charge in [0.15, 0.2) is 10.3 Å². The van der Waals surface area contributed by atoms with Gasteiger partial charge < -0.3 is 15.0 Å². The summed E-state index contributed by atoms with van der Waals surface area (Å²) in [5, 5.41) is 3.88. The van der Waals surface area contributed by atoms with Crippen molar-refractivity contribution < 1.29 is 17.9 Å². The summed E-state index contributed by atoms with van der Waals surface area (Å²) in [6, 6.07) is 12.5. The first-order valence-corrected chi connectivity index (χ1v) is 13.1. The van der Waals surface area contributed by atoms with Crippen LogP contribution >= 0.6 is 23.1 Å². The molecule has 32 heavy (non-hydrogen) atoms. The third-order valence-corrected chi connectivity index (χ3v) is 8.62. The van der Waals surface area contributed by atoms with Gasteiger partial charge in [-0.15, -0.1) is 0 Å². The highest BCUT2D eigenvalue weighted by Crippen LogP contribution is 2.30. The van der Waals surface area contributed by atoms with Crippen LogP contribution in [0.15, 0.2) is 52.5 Å². The van der Waals surface area contributed by atoms with Crippen LogP contribution in [0.25, 0.3) is 21.3 Å². The number of hydrogen-bond donors (Lipinski definition) is 2. The summed E-state index contributed by atoms with van der Waals surface area (Å²) in [4.78, 5) is 24.6. The third kappa shape index (κ3) is 4.36. The van der Waals surface area contributed by atoms with E-state index in [1.54, 1.807) is 18.2 Å². The zero-order valence-electron chi connectivity index (χ0n) is 16.8. The van der Waals surface area contributed by atoms with Crippen molar-refractivity contribution >= 4 is 65.4 Å². The molecule has 1 aliphatic rings. The van der Waals surface area contributed by atoms with Crippen molar-refractivity contribution in [3.8, 4) is 0 Å². The Bertz CT molecular complexity index is 1360. The predicted molar refractivity (Wildman–Crippen MR) is 125 cm³/mol. The lowest BCUT2D eigenvalue weighted by atomic mass is 10.3. The molecule has 0 spiro atoms. The van der Waals surface area contributed by atoms with Crippen LogP contribution in [0.4, 0.5) is 5.13 Å². The average molecular weight is 490 g/mol. The van der Waals surface area contributed by atoms with Crippen LogP contribution in [-0.2, 0) is 19.6 Å². The molecule has 1 amide bonds. The minimum Gasteiger partial charge on any atom is -0.379 e. The van der Waals surface area contributed by atoms with Gasteiger partial charge in [-0.1, -0.05) is 35.2 Å². The van der Waals surface area contributed by atoms with Gasteiger partial charge in [0.25, 0.3) is 0 Å². The van der Waals surface area contributed by atoms with E-state index >= 15 is 0 Å². The van der Waals surface area contributed by atoms with E-state index in [0.29, 0.717) is 46.8 Å². The number of thioether (sulfide) groups is 1. The highest BCUT2D eigenvalue weighted by atomic mass is 32.2. The number of anilines is 1. The Morgan fingerprint density at radius 1 is 1.16 bits per heavy atom. The number of carbonyl (C=O) groups excluding carboxylic acids is 1. The molecule has 0 radical (unpaired) electrons. The van der Waals surface area contributed by atoms with Crippen LogP contribution in [0.1, 0.15) is 0 Å². The van der Waals surface area contributed by atoms with Gasteiger partial charge in [-0.05, 0) is 30.3 Å². The fourth-order valence-electron chi connectivity index (χ4n) is 3.34. The number of para-hydroxylation sites is 2. The van der Waals surface area contributed by atoms with Crippen LogP contribution in [-0.4, -0.2) is 65.6 Å². The maximum absolute atomic E-state index is 12.9. The van der Waals surface area contributed by atoms with Gasteiger partial charge in [-0.2, -0.15) is 4.31 Å². The Morgan fingerprint density at radius 3 is 2.78 bits per heavy atom. The maximum Gasteiger partial charge on any atom is 0.243 e. The Morgan fingerprint density at radius 2 is 1.97 bits per heavy atom. The number of nitrogens with zero attached hydrogens (tertiary/aromatic N) is 3. The number of benzene rings is 2. The second-order valence-electron chi connectivity index (χ2n) is 7.06. The molecule has 4 aromatic rings. The monoisotopic (exact) mass is 489 g/mol. The average Bonchev–Trinajstić information content (AvgIpc) is 3.40. The number of hydrogen-bond acceptors (Lipinski definition) is 8. The van der Waals surface area contributed by atoms with Crippen molar-refractivity contribution in [2.75, 3.05) is 37.4 Å². The lowest BCUT2D eigenvalue weighted by Gasteiger charge is -2.25. The number of sulfonamides is 1. The molecule has 3 heterocycles. The normalized spacial score (nSPS) is 15.4. The first kappa shape index (κ1) is 21.3. The van der Waals surface area contributed by atoms with E-state index in [4.69, 9.17) is 4.74 Å². The van der Waals surface area contributed by atoms with Crippen molar-refractivity contribution in [2.24, 2.45) is 0 Å². The lowest BCUT2D eigenvalue weighted by molar-refractivity contribution is -0.113. The molecule has 1 saturated heterocycles. The van der Waals surface area contributed by atoms with E-state index in [1.807, 2.05) is 24.3 Å². The summed E-state index contributed by atoms with van der Waals surface area (Å²) >= 11 is 2.55. The number of carbonyl (C=O) groups is 1. The van der Waals surface area contributed by atoms with E-state index in [9.17, 15) is 13.2 Å². The second-order valence-corrected chi connectivity index (χ2v) is 11.0. The number of thiazole rings is 1. The quantitative estimate of drug-likeness (QED) is 0.400. The van der Waals surface area contributed by atoms with Gasteiger partial charge in [0.2, 0.25) is 15.9 Å². The summed E-state index contributed by atoms with van der Waals surface area (Å²) in [5.74, 6) is -0.0393. The number of aromatic nitrogens is 3. The molecule has 1 fully saturated rings. The molecular formula is C20H19N5O4S3. The zero-order chi connectivity index (χ0) is 22.1. The summed E-state index contributed by atoms with van der Waals surface area (Å²) in [5.41, 5.74) is 2.41. The number of imidazole rings is 1. The Labute approximate surface area is 192 Å². The molecule has 2 N–H and O–H groups in total. The smallest absolute Gasteiger partial charge is 0.243 e. The molecule has 9 nitrogen and oxygen atoms in total. The van der Waals surface area contributed by atoms with Crippen molar-refractivity contribution in [1.29, 1.82) is 0 Å². The van der Waals surface area contributed by atoms with Gasteiger partial charge in [0.1, 0.15) is 0 Å². The number of nitrogens with one attached hydrogen (secondary N) is 2. The number of fused-ring (bicyclic) bond motifs is 2. The van der Waals surface area contributed by atoms with Crippen molar-refractivity contribution in [3.63, 3.8) is 0 Å². The number of amides is 1. The van der Waals surface area contributed by atoms with Crippen LogP contribution in [0.2, 0.25) is 0 Å². The molecule has 0 bridgehead atoms. The highest BCUT2D eigenvalue weighted by molar-refractivity contribution is 7.99. The van der Waals surface area contributed by atoms with Gasteiger partial charge in [-0.3, -0.25) is 4.79 Å². The number of rotatable bonds is 6. The third-order valence-electron chi connectivity index (χ3n) is 4.92. The minimum absolute atomic E-state index is 0.173. The maximum atomic E-state index is 12.9. The Balaban J connectivity index is 1.26. The van der Waals surface area contributed by atoms with E-state index in [2.05, 4.69) is 20.3 Å². The van der Waals surface area contributed by atoms with Gasteiger partial charge in [0.05, 0.1) is 45.1 Å². The van der Waals surface area contributed by atoms with Crippen molar-refractivity contribution in [1.82, 2.24) is 19.3 Å². The summed E-state index contributed by atoms with van der Waals surface area (Å²) in [7, 11) is -3.59. The van der Waals surface area contributed by atoms with Crippen LogP contribution in [0.5, 0.6) is 0 Å². The molecule has 5 rings (SSSR count). The first-order valence-electron chi connectivity index (χ1n) is 9.85. The van der Waals surface area contributed by atoms with E-state index in [1.165, 1.54) is 27.4 Å². The minimum atomic E-state index is -3.59. The standard InChI is InChI=1S/C20H19N5O4S3/c26-18(12-30-19-21-14-3-1-2-4-15(14)22-19)24-20-23-16-6-5-13(11-17(16)31-20)32(27,28)25-7-9-29-10-8-25/h1-6,11H,7-10,12H2,(H,21,22)(H,23,24,26). The summed E-state index contributed by atoms with van der Waals surface area (Å²) in [6.07, 6.45) is 0. The fraction of sp³-hybridized carbons (Fsp3) is 0.250. The highest BCUT2D eigenvalue weighted by Gasteiger charge is 2.26. The van der Waals surface area contributed by atoms with Crippen molar-refractivity contribution in [3.05, 3.63) is 42.5 Å². The molecule has 0 unspecified atom stereocenters. The van der Waals surface area contributed by atoms with Crippen LogP contribution < -0.4 is 5.32 Å². The van der Waals surface area contributed by atoms with E-state index in [-0.39, 0.29) is 16.6 Å². The molecule has 0 atom stereocenters. The van der Waals surface area contributed by atoms with Gasteiger partial charge >= 0.3 is 0 Å². The Kier molecular flexibility index (Phi) is 5.86. The molecule has 166 valence electrons. The SMILES string of the molecule is O=C(CSc1nc2ccccc2[nH]1)Nc1nc2ccc(S(=O)(=O)N3CCOCC3)cc2s1. The molecule has 0 aliphatic carbocycles. The summed E-state index contributed by atoms with van der Waals surface area (Å²) < 4.78 is 33.1. The Hall–Kier alpha value is -2.51. The van der Waals surface area contributed by atoms with Crippen LogP contribution in [0, 0.1) is 0 Å². The predicted octanol–water partition coefficient (Wildman–Crippen LogP) is 2.92. The van der Waals surface area contributed by atoms with E-state index in [0.717, 1.165) is 11.0 Å². The van der Waals surface area contributed by atoms with Gasteiger partial charge in [-0.25, -0.2) is 18.4 Å². The molecular weight excluding hydrogens is 470 g/mol. The lowest BCUT2D eigenvalue weighted by Crippen LogP contribution is -2.40. The van der Waals surface area contributed by atoms with Gasteiger partial charge in [0, 0.05) is 13.1 Å². The molecule has 0 saturated carbocycles. The second kappa shape index (κ2) is 8.79. The number of H-pyrrole nitrogens is 1. The molecule has 12 heteroatoms. The zero-order valence-corrected chi connectivity index (χ0v) is 19.2.